The molecule has 3 aromatic rings. The lowest BCUT2D eigenvalue weighted by molar-refractivity contribution is 0.557. The molecule has 0 amide bonds. The fraction of sp³-hybridized carbons (Fsp3) is 0.176. The van der Waals surface area contributed by atoms with Crippen LogP contribution in [0.15, 0.2) is 47.4 Å². The fourth-order valence-corrected chi connectivity index (χ4v) is 3.97. The standard InChI is InChI=1S/C17H17N5O3S/c18-26(24,25)22-13-7-10-1-2-12(8-11(10)9-13)20-15-5-6-19-17-14(15)3-4-16(23)21-17/h1-6,8,13,22H,7,9H2,(H2,18,24,25)(H2,19,20,21,23). The van der Waals surface area contributed by atoms with Gasteiger partial charge in [0.2, 0.25) is 5.56 Å². The summed E-state index contributed by atoms with van der Waals surface area (Å²) >= 11 is 0. The predicted octanol–water partition coefficient (Wildman–Crippen LogP) is 0.927. The molecule has 0 aliphatic heterocycles. The summed E-state index contributed by atoms with van der Waals surface area (Å²) in [7, 11) is -3.71. The van der Waals surface area contributed by atoms with Crippen molar-refractivity contribution in [2.24, 2.45) is 5.14 Å². The zero-order chi connectivity index (χ0) is 18.3. The molecule has 0 saturated carbocycles. The summed E-state index contributed by atoms with van der Waals surface area (Å²) in [6.07, 6.45) is 2.83. The molecule has 1 aliphatic rings. The number of hydrogen-bond acceptors (Lipinski definition) is 5. The van der Waals surface area contributed by atoms with Gasteiger partial charge >= 0.3 is 0 Å². The van der Waals surface area contributed by atoms with Crippen molar-refractivity contribution >= 4 is 32.6 Å². The lowest BCUT2D eigenvalue weighted by Gasteiger charge is -2.10. The van der Waals surface area contributed by atoms with Crippen molar-refractivity contribution in [3.05, 3.63) is 64.1 Å². The maximum Gasteiger partial charge on any atom is 0.274 e. The van der Waals surface area contributed by atoms with Gasteiger partial charge in [0.25, 0.3) is 10.2 Å². The van der Waals surface area contributed by atoms with Gasteiger partial charge in [-0.2, -0.15) is 13.1 Å². The monoisotopic (exact) mass is 371 g/mol. The number of nitrogens with one attached hydrogen (secondary N) is 3. The SMILES string of the molecule is NS(=O)(=O)NC1Cc2ccc(Nc3ccnc4[nH]c(=O)ccc34)cc2C1. The number of aromatic nitrogens is 2. The minimum atomic E-state index is -3.71. The van der Waals surface area contributed by atoms with Gasteiger partial charge in [-0.15, -0.1) is 0 Å². The summed E-state index contributed by atoms with van der Waals surface area (Å²) in [5, 5.41) is 9.20. The Morgan fingerprint density at radius 3 is 2.73 bits per heavy atom. The molecule has 8 nitrogen and oxygen atoms in total. The summed E-state index contributed by atoms with van der Waals surface area (Å²) in [4.78, 5) is 18.3. The summed E-state index contributed by atoms with van der Waals surface area (Å²) in [5.41, 5.74) is 4.18. The van der Waals surface area contributed by atoms with E-state index in [0.717, 1.165) is 27.9 Å². The molecule has 2 aromatic heterocycles. The van der Waals surface area contributed by atoms with Gasteiger partial charge in [-0.05, 0) is 48.2 Å². The van der Waals surface area contributed by atoms with Crippen molar-refractivity contribution in [1.29, 1.82) is 0 Å². The van der Waals surface area contributed by atoms with Crippen LogP contribution in [0.1, 0.15) is 11.1 Å². The fourth-order valence-electron chi connectivity index (χ4n) is 3.33. The molecule has 1 aromatic carbocycles. The normalized spacial score (nSPS) is 16.6. The molecule has 0 bridgehead atoms. The number of aromatic amines is 1. The number of rotatable bonds is 4. The van der Waals surface area contributed by atoms with Gasteiger partial charge in [0, 0.05) is 29.4 Å². The van der Waals surface area contributed by atoms with Gasteiger partial charge < -0.3 is 10.3 Å². The topological polar surface area (TPSA) is 130 Å². The molecule has 1 aliphatic carbocycles. The third-order valence-corrected chi connectivity index (χ3v) is 5.04. The Morgan fingerprint density at radius 1 is 1.12 bits per heavy atom. The van der Waals surface area contributed by atoms with E-state index >= 15 is 0 Å². The first-order valence-corrected chi connectivity index (χ1v) is 9.59. The van der Waals surface area contributed by atoms with Gasteiger partial charge in [0.15, 0.2) is 0 Å². The lowest BCUT2D eigenvalue weighted by atomic mass is 10.1. The number of benzene rings is 1. The number of anilines is 2. The molecule has 0 saturated heterocycles. The Morgan fingerprint density at radius 2 is 1.92 bits per heavy atom. The van der Waals surface area contributed by atoms with E-state index in [4.69, 9.17) is 5.14 Å². The van der Waals surface area contributed by atoms with Gasteiger partial charge in [0.1, 0.15) is 5.65 Å². The molecule has 1 atom stereocenters. The van der Waals surface area contributed by atoms with E-state index in [0.29, 0.717) is 18.5 Å². The second kappa shape index (κ2) is 6.20. The molecule has 26 heavy (non-hydrogen) atoms. The number of fused-ring (bicyclic) bond motifs is 2. The van der Waals surface area contributed by atoms with E-state index in [-0.39, 0.29) is 11.6 Å². The molecule has 0 fully saturated rings. The Labute approximate surface area is 149 Å². The second-order valence-corrected chi connectivity index (χ2v) is 7.65. The average molecular weight is 371 g/mol. The van der Waals surface area contributed by atoms with Crippen LogP contribution in [0.5, 0.6) is 0 Å². The van der Waals surface area contributed by atoms with Crippen molar-refractivity contribution in [2.75, 3.05) is 5.32 Å². The quantitative estimate of drug-likeness (QED) is 0.542. The van der Waals surface area contributed by atoms with Crippen LogP contribution in [0.2, 0.25) is 0 Å². The third-order valence-electron chi connectivity index (χ3n) is 4.38. The summed E-state index contributed by atoms with van der Waals surface area (Å²) in [5.74, 6) is 0. The van der Waals surface area contributed by atoms with Crippen molar-refractivity contribution in [3.63, 3.8) is 0 Å². The van der Waals surface area contributed by atoms with E-state index in [1.54, 1.807) is 12.3 Å². The first kappa shape index (κ1) is 16.7. The minimum Gasteiger partial charge on any atom is -0.355 e. The molecule has 1 unspecified atom stereocenters. The number of H-pyrrole nitrogens is 1. The van der Waals surface area contributed by atoms with Crippen molar-refractivity contribution < 1.29 is 8.42 Å². The largest absolute Gasteiger partial charge is 0.355 e. The highest BCUT2D eigenvalue weighted by molar-refractivity contribution is 7.87. The Hall–Kier alpha value is -2.75. The summed E-state index contributed by atoms with van der Waals surface area (Å²) in [6.45, 7) is 0. The molecule has 0 radical (unpaired) electrons. The van der Waals surface area contributed by atoms with E-state index < -0.39 is 10.2 Å². The molecule has 9 heteroatoms. The van der Waals surface area contributed by atoms with Crippen LogP contribution < -0.4 is 20.7 Å². The molecule has 0 spiro atoms. The minimum absolute atomic E-state index is 0.201. The van der Waals surface area contributed by atoms with Crippen LogP contribution in [0.4, 0.5) is 11.4 Å². The molecule has 4 rings (SSSR count). The zero-order valence-electron chi connectivity index (χ0n) is 13.7. The van der Waals surface area contributed by atoms with Crippen molar-refractivity contribution in [3.8, 4) is 0 Å². The first-order chi connectivity index (χ1) is 12.4. The summed E-state index contributed by atoms with van der Waals surface area (Å²) < 4.78 is 24.9. The van der Waals surface area contributed by atoms with Gasteiger partial charge in [-0.1, -0.05) is 6.07 Å². The smallest absolute Gasteiger partial charge is 0.274 e. The number of nitrogens with zero attached hydrogens (tertiary/aromatic N) is 1. The first-order valence-electron chi connectivity index (χ1n) is 8.04. The van der Waals surface area contributed by atoms with Gasteiger partial charge in [-0.25, -0.2) is 10.1 Å². The summed E-state index contributed by atoms with van der Waals surface area (Å²) in [6, 6.07) is 10.7. The van der Waals surface area contributed by atoms with Gasteiger partial charge in [-0.3, -0.25) is 4.79 Å². The van der Waals surface area contributed by atoms with Crippen molar-refractivity contribution in [1.82, 2.24) is 14.7 Å². The Kier molecular flexibility index (Phi) is 3.98. The molecule has 134 valence electrons. The van der Waals surface area contributed by atoms with Crippen LogP contribution in [0.25, 0.3) is 11.0 Å². The van der Waals surface area contributed by atoms with Crippen LogP contribution in [-0.2, 0) is 23.1 Å². The molecule has 2 heterocycles. The van der Waals surface area contributed by atoms with Crippen molar-refractivity contribution in [2.45, 2.75) is 18.9 Å². The highest BCUT2D eigenvalue weighted by Crippen LogP contribution is 2.29. The van der Waals surface area contributed by atoms with Crippen LogP contribution in [0, 0.1) is 0 Å². The molecular formula is C17H17N5O3S. The highest BCUT2D eigenvalue weighted by atomic mass is 32.2. The zero-order valence-corrected chi connectivity index (χ0v) is 14.5. The number of hydrogen-bond donors (Lipinski definition) is 4. The Balaban J connectivity index is 1.60. The van der Waals surface area contributed by atoms with E-state index in [1.165, 1.54) is 6.07 Å². The average Bonchev–Trinajstić information content (AvgIpc) is 2.94. The lowest BCUT2D eigenvalue weighted by Crippen LogP contribution is -2.39. The Bertz CT molecular complexity index is 1160. The molecule has 5 N–H and O–H groups in total. The van der Waals surface area contributed by atoms with E-state index in [9.17, 15) is 13.2 Å². The molecular weight excluding hydrogens is 354 g/mol. The predicted molar refractivity (Wildman–Crippen MR) is 99.5 cm³/mol. The van der Waals surface area contributed by atoms with Crippen LogP contribution >= 0.6 is 0 Å². The highest BCUT2D eigenvalue weighted by Gasteiger charge is 2.24. The third kappa shape index (κ3) is 3.45. The number of pyridine rings is 2. The van der Waals surface area contributed by atoms with E-state index in [2.05, 4.69) is 20.0 Å². The number of nitrogens with two attached hydrogens (primary N) is 1. The van der Waals surface area contributed by atoms with Crippen LogP contribution in [0.3, 0.4) is 0 Å². The van der Waals surface area contributed by atoms with E-state index in [1.807, 2.05) is 24.3 Å². The second-order valence-electron chi connectivity index (χ2n) is 6.32. The van der Waals surface area contributed by atoms with Crippen LogP contribution in [-0.4, -0.2) is 24.4 Å². The van der Waals surface area contributed by atoms with Gasteiger partial charge in [0.05, 0.1) is 5.69 Å². The maximum absolute atomic E-state index is 11.4. The maximum atomic E-state index is 11.4.